The molecule has 0 aliphatic rings. The molecule has 0 saturated heterocycles. The summed E-state index contributed by atoms with van der Waals surface area (Å²) in [6.07, 6.45) is 3.50. The zero-order chi connectivity index (χ0) is 13.0. The van der Waals surface area contributed by atoms with Crippen LogP contribution in [0.5, 0.6) is 0 Å². The summed E-state index contributed by atoms with van der Waals surface area (Å²) in [5.41, 5.74) is 2.39. The number of aromatic nitrogens is 3. The maximum absolute atomic E-state index is 4.49. The molecule has 0 spiro atoms. The minimum absolute atomic E-state index is 0.487. The highest BCUT2D eigenvalue weighted by atomic mass is 32.2. The fraction of sp³-hybridized carbons (Fsp3) is 0.417. The van der Waals surface area contributed by atoms with E-state index in [9.17, 15) is 0 Å². The molecule has 0 aromatic carbocycles. The zero-order valence-corrected chi connectivity index (χ0v) is 12.3. The van der Waals surface area contributed by atoms with E-state index in [1.165, 1.54) is 22.7 Å². The molecule has 2 aromatic heterocycles. The van der Waals surface area contributed by atoms with Gasteiger partial charge in [0, 0.05) is 18.8 Å². The van der Waals surface area contributed by atoms with Gasteiger partial charge in [0.25, 0.3) is 0 Å². The quantitative estimate of drug-likeness (QED) is 0.912. The highest BCUT2D eigenvalue weighted by molar-refractivity contribution is 8.00. The molecule has 0 unspecified atom stereocenters. The first-order valence-corrected chi connectivity index (χ1v) is 7.37. The van der Waals surface area contributed by atoms with Crippen molar-refractivity contribution in [3.05, 3.63) is 29.7 Å². The molecule has 0 aliphatic heterocycles. The molecule has 0 aliphatic carbocycles. The van der Waals surface area contributed by atoms with E-state index < -0.39 is 0 Å². The molecule has 0 radical (unpaired) electrons. The van der Waals surface area contributed by atoms with E-state index in [1.54, 1.807) is 18.1 Å². The maximum Gasteiger partial charge on any atom is 0.176 e. The molecule has 2 rings (SSSR count). The number of nitrogens with zero attached hydrogens (tertiary/aromatic N) is 3. The summed E-state index contributed by atoms with van der Waals surface area (Å²) in [5.74, 6) is 0. The van der Waals surface area contributed by atoms with E-state index in [1.807, 2.05) is 6.20 Å². The van der Waals surface area contributed by atoms with Crippen molar-refractivity contribution in [3.8, 4) is 0 Å². The molecular weight excluding hydrogens is 264 g/mol. The van der Waals surface area contributed by atoms with E-state index in [4.69, 9.17) is 0 Å². The first-order chi connectivity index (χ1) is 8.65. The molecule has 0 amide bonds. The second kappa shape index (κ2) is 6.26. The van der Waals surface area contributed by atoms with Crippen molar-refractivity contribution in [1.82, 2.24) is 19.7 Å². The lowest BCUT2D eigenvalue weighted by molar-refractivity contribution is 0.587. The molecule has 0 saturated carbocycles. The van der Waals surface area contributed by atoms with Gasteiger partial charge in [-0.3, -0.25) is 0 Å². The molecule has 0 fully saturated rings. The van der Waals surface area contributed by atoms with Crippen LogP contribution in [0.25, 0.3) is 0 Å². The van der Waals surface area contributed by atoms with Gasteiger partial charge in [-0.05, 0) is 41.3 Å². The molecular formula is C12H16N4S2. The summed E-state index contributed by atoms with van der Waals surface area (Å²) in [5, 5.41) is 4.39. The Bertz CT molecular complexity index is 497. The molecule has 1 N–H and O–H groups in total. The first-order valence-electron chi connectivity index (χ1n) is 5.78. The normalized spacial score (nSPS) is 11.1. The summed E-state index contributed by atoms with van der Waals surface area (Å²) < 4.78 is 4.92. The molecule has 0 bridgehead atoms. The largest absolute Gasteiger partial charge is 0.310 e. The van der Waals surface area contributed by atoms with Gasteiger partial charge in [0.2, 0.25) is 0 Å². The van der Waals surface area contributed by atoms with Crippen LogP contribution < -0.4 is 5.32 Å². The van der Waals surface area contributed by atoms with E-state index in [0.29, 0.717) is 6.04 Å². The average molecular weight is 280 g/mol. The van der Waals surface area contributed by atoms with Crippen molar-refractivity contribution < 1.29 is 0 Å². The van der Waals surface area contributed by atoms with Crippen molar-refractivity contribution in [1.29, 1.82) is 0 Å². The minimum Gasteiger partial charge on any atom is -0.310 e. The maximum atomic E-state index is 4.49. The Balaban J connectivity index is 2.05. The fourth-order valence-corrected chi connectivity index (χ4v) is 2.82. The monoisotopic (exact) mass is 280 g/mol. The van der Waals surface area contributed by atoms with Crippen LogP contribution in [0.1, 0.15) is 25.0 Å². The highest BCUT2D eigenvalue weighted by Crippen LogP contribution is 2.29. The van der Waals surface area contributed by atoms with Gasteiger partial charge in [-0.15, -0.1) is 0 Å². The highest BCUT2D eigenvalue weighted by Gasteiger charge is 2.06. The van der Waals surface area contributed by atoms with Gasteiger partial charge < -0.3 is 5.32 Å². The Morgan fingerprint density at radius 3 is 2.83 bits per heavy atom. The van der Waals surface area contributed by atoms with Crippen LogP contribution in [0.3, 0.4) is 0 Å². The Morgan fingerprint density at radius 1 is 1.39 bits per heavy atom. The van der Waals surface area contributed by atoms with Crippen LogP contribution in [-0.2, 0) is 6.54 Å². The number of hydrogen-bond acceptors (Lipinski definition) is 6. The summed E-state index contributed by atoms with van der Waals surface area (Å²) in [6.45, 7) is 7.21. The summed E-state index contributed by atoms with van der Waals surface area (Å²) in [7, 11) is 0. The number of nitrogens with one attached hydrogen (secondary N) is 1. The van der Waals surface area contributed by atoms with Crippen LogP contribution in [-0.4, -0.2) is 20.4 Å². The standard InChI is InChI=1S/C12H16N4S2/c1-8(2)13-5-10-4-9(3)11(14-6-10)17-12-15-7-16-18-12/h4,6-8,13H,5H2,1-3H3. The van der Waals surface area contributed by atoms with Gasteiger partial charge in [-0.25, -0.2) is 9.97 Å². The number of aryl methyl sites for hydroxylation is 1. The van der Waals surface area contributed by atoms with E-state index in [-0.39, 0.29) is 0 Å². The Hall–Kier alpha value is -0.980. The predicted octanol–water partition coefficient (Wildman–Crippen LogP) is 2.89. The van der Waals surface area contributed by atoms with Crippen LogP contribution in [0.2, 0.25) is 0 Å². The van der Waals surface area contributed by atoms with E-state index in [0.717, 1.165) is 15.9 Å². The molecule has 2 heterocycles. The lowest BCUT2D eigenvalue weighted by atomic mass is 10.2. The van der Waals surface area contributed by atoms with Crippen molar-refractivity contribution in [2.24, 2.45) is 0 Å². The summed E-state index contributed by atoms with van der Waals surface area (Å²) in [6, 6.07) is 2.66. The molecule has 6 heteroatoms. The average Bonchev–Trinajstić information content (AvgIpc) is 2.82. The molecule has 18 heavy (non-hydrogen) atoms. The van der Waals surface area contributed by atoms with E-state index in [2.05, 4.69) is 46.5 Å². The second-order valence-electron chi connectivity index (χ2n) is 4.31. The third-order valence-electron chi connectivity index (χ3n) is 2.33. The molecule has 4 nitrogen and oxygen atoms in total. The lowest BCUT2D eigenvalue weighted by Crippen LogP contribution is -2.21. The van der Waals surface area contributed by atoms with Gasteiger partial charge >= 0.3 is 0 Å². The third kappa shape index (κ3) is 3.76. The van der Waals surface area contributed by atoms with Crippen molar-refractivity contribution in [2.75, 3.05) is 0 Å². The van der Waals surface area contributed by atoms with Crippen LogP contribution >= 0.6 is 23.3 Å². The van der Waals surface area contributed by atoms with Gasteiger partial charge in [0.1, 0.15) is 11.4 Å². The fourth-order valence-electron chi connectivity index (χ4n) is 1.44. The first kappa shape index (κ1) is 13.5. The molecule has 0 atom stereocenters. The Kier molecular flexibility index (Phi) is 4.68. The molecule has 2 aromatic rings. The Morgan fingerprint density at radius 2 is 2.22 bits per heavy atom. The topological polar surface area (TPSA) is 50.7 Å². The zero-order valence-electron chi connectivity index (χ0n) is 10.7. The van der Waals surface area contributed by atoms with Gasteiger partial charge in [-0.2, -0.15) is 4.37 Å². The predicted molar refractivity (Wildman–Crippen MR) is 75.0 cm³/mol. The van der Waals surface area contributed by atoms with Gasteiger partial charge in [-0.1, -0.05) is 19.9 Å². The number of rotatable bonds is 5. The van der Waals surface area contributed by atoms with Crippen molar-refractivity contribution in [3.63, 3.8) is 0 Å². The van der Waals surface area contributed by atoms with Crippen LogP contribution in [0, 0.1) is 6.92 Å². The van der Waals surface area contributed by atoms with Gasteiger partial charge in [0.15, 0.2) is 4.34 Å². The third-order valence-corrected chi connectivity index (χ3v) is 4.16. The van der Waals surface area contributed by atoms with Crippen LogP contribution in [0.15, 0.2) is 28.0 Å². The number of hydrogen-bond donors (Lipinski definition) is 1. The summed E-state index contributed by atoms with van der Waals surface area (Å²) >= 11 is 2.96. The van der Waals surface area contributed by atoms with Gasteiger partial charge in [0.05, 0.1) is 0 Å². The van der Waals surface area contributed by atoms with Crippen LogP contribution in [0.4, 0.5) is 0 Å². The SMILES string of the molecule is Cc1cc(CNC(C)C)cnc1Sc1ncns1. The smallest absolute Gasteiger partial charge is 0.176 e. The van der Waals surface area contributed by atoms with Crippen molar-refractivity contribution in [2.45, 2.75) is 42.7 Å². The molecule has 96 valence electrons. The van der Waals surface area contributed by atoms with E-state index >= 15 is 0 Å². The second-order valence-corrected chi connectivity index (χ2v) is 6.33. The summed E-state index contributed by atoms with van der Waals surface area (Å²) in [4.78, 5) is 8.65. The number of pyridine rings is 1. The minimum atomic E-state index is 0.487. The lowest BCUT2D eigenvalue weighted by Gasteiger charge is -2.09. The van der Waals surface area contributed by atoms with Crippen molar-refractivity contribution >= 4 is 23.3 Å². The Labute approximate surface area is 115 Å².